The fourth-order valence-electron chi connectivity index (χ4n) is 2.36. The third-order valence-corrected chi connectivity index (χ3v) is 4.58. The summed E-state index contributed by atoms with van der Waals surface area (Å²) in [6, 6.07) is 11.3. The van der Waals surface area contributed by atoms with Crippen LogP contribution in [0.1, 0.15) is 29.3 Å². The molecule has 0 saturated heterocycles. The summed E-state index contributed by atoms with van der Waals surface area (Å²) < 4.78 is 7.43. The van der Waals surface area contributed by atoms with Crippen molar-refractivity contribution in [3.05, 3.63) is 53.8 Å². The van der Waals surface area contributed by atoms with Crippen LogP contribution in [0, 0.1) is 6.92 Å². The molecule has 0 aliphatic carbocycles. The number of ketones is 1. The number of benzene rings is 1. The molecule has 2 aromatic heterocycles. The van der Waals surface area contributed by atoms with Crippen LogP contribution >= 0.6 is 11.8 Å². The summed E-state index contributed by atoms with van der Waals surface area (Å²) in [6.07, 6.45) is 2.57. The Morgan fingerprint density at radius 1 is 1.21 bits per heavy atom. The maximum absolute atomic E-state index is 12.3. The minimum Gasteiger partial charge on any atom is -0.461 e. The molecule has 0 atom stereocenters. The van der Waals surface area contributed by atoms with E-state index in [2.05, 4.69) is 17.1 Å². The molecule has 124 valence electrons. The number of rotatable bonds is 7. The topological polar surface area (TPSA) is 60.9 Å². The number of thioether (sulfide) groups is 1. The van der Waals surface area contributed by atoms with Gasteiger partial charge < -0.3 is 4.42 Å². The van der Waals surface area contributed by atoms with E-state index in [0.717, 1.165) is 29.2 Å². The molecule has 6 heteroatoms. The number of Topliss-reactive ketones (excluding diaryl/α,β-unsaturated/α-hetero) is 1. The second-order valence-electron chi connectivity index (χ2n) is 5.51. The lowest BCUT2D eigenvalue weighted by molar-refractivity contribution is 0.102. The maximum Gasteiger partial charge on any atom is 0.200 e. The van der Waals surface area contributed by atoms with Gasteiger partial charge in [0.1, 0.15) is 0 Å². The first-order valence-corrected chi connectivity index (χ1v) is 8.87. The molecule has 3 aromatic rings. The quantitative estimate of drug-likeness (QED) is 0.475. The first kappa shape index (κ1) is 16.5. The van der Waals surface area contributed by atoms with Crippen LogP contribution in [0.15, 0.2) is 52.2 Å². The van der Waals surface area contributed by atoms with Crippen LogP contribution in [-0.2, 0) is 6.54 Å². The first-order chi connectivity index (χ1) is 11.7. The SMILES string of the molecule is CCCn1c(SCC(=O)c2ccc(C)cc2)nnc1-c1ccco1. The Labute approximate surface area is 145 Å². The zero-order chi connectivity index (χ0) is 16.9. The standard InChI is InChI=1S/C18H19N3O2S/c1-3-10-21-17(16-5-4-11-23-16)19-20-18(21)24-12-15(22)14-8-6-13(2)7-9-14/h4-9,11H,3,10,12H2,1-2H3. The van der Waals surface area contributed by atoms with Crippen molar-refractivity contribution in [2.24, 2.45) is 0 Å². The molecule has 5 nitrogen and oxygen atoms in total. The van der Waals surface area contributed by atoms with E-state index in [4.69, 9.17) is 4.42 Å². The number of aryl methyl sites for hydroxylation is 1. The Bertz CT molecular complexity index is 807. The zero-order valence-corrected chi connectivity index (χ0v) is 14.5. The van der Waals surface area contributed by atoms with Gasteiger partial charge in [-0.25, -0.2) is 0 Å². The average Bonchev–Trinajstić information content (AvgIpc) is 3.23. The van der Waals surface area contributed by atoms with E-state index in [1.54, 1.807) is 6.26 Å². The van der Waals surface area contributed by atoms with E-state index in [-0.39, 0.29) is 5.78 Å². The van der Waals surface area contributed by atoms with Crippen LogP contribution < -0.4 is 0 Å². The molecular formula is C18H19N3O2S. The Morgan fingerprint density at radius 2 is 2.00 bits per heavy atom. The molecule has 0 amide bonds. The van der Waals surface area contributed by atoms with Crippen LogP contribution in [0.25, 0.3) is 11.6 Å². The highest BCUT2D eigenvalue weighted by atomic mass is 32.2. The Morgan fingerprint density at radius 3 is 2.67 bits per heavy atom. The molecule has 0 saturated carbocycles. The smallest absolute Gasteiger partial charge is 0.200 e. The van der Waals surface area contributed by atoms with Gasteiger partial charge in [-0.1, -0.05) is 48.5 Å². The van der Waals surface area contributed by atoms with Crippen LogP contribution in [0.4, 0.5) is 0 Å². The number of hydrogen-bond donors (Lipinski definition) is 0. The number of hydrogen-bond acceptors (Lipinski definition) is 5. The molecule has 0 N–H and O–H groups in total. The van der Waals surface area contributed by atoms with Crippen LogP contribution in [0.5, 0.6) is 0 Å². The predicted octanol–water partition coefficient (Wildman–Crippen LogP) is 4.23. The van der Waals surface area contributed by atoms with E-state index in [9.17, 15) is 4.79 Å². The minimum absolute atomic E-state index is 0.0885. The zero-order valence-electron chi connectivity index (χ0n) is 13.7. The number of nitrogens with zero attached hydrogens (tertiary/aromatic N) is 3. The summed E-state index contributed by atoms with van der Waals surface area (Å²) >= 11 is 1.41. The summed E-state index contributed by atoms with van der Waals surface area (Å²) in [5, 5.41) is 9.20. The van der Waals surface area contributed by atoms with Gasteiger partial charge in [0.15, 0.2) is 22.5 Å². The molecule has 0 aliphatic rings. The van der Waals surface area contributed by atoms with Crippen molar-refractivity contribution >= 4 is 17.5 Å². The fourth-order valence-corrected chi connectivity index (χ4v) is 3.22. The van der Waals surface area contributed by atoms with Crippen LogP contribution in [0.2, 0.25) is 0 Å². The van der Waals surface area contributed by atoms with Crippen molar-refractivity contribution < 1.29 is 9.21 Å². The highest BCUT2D eigenvalue weighted by molar-refractivity contribution is 7.99. The molecule has 0 radical (unpaired) electrons. The lowest BCUT2D eigenvalue weighted by Gasteiger charge is -2.07. The lowest BCUT2D eigenvalue weighted by Crippen LogP contribution is -2.06. The second kappa shape index (κ2) is 7.49. The van der Waals surface area contributed by atoms with Gasteiger partial charge in [0.2, 0.25) is 0 Å². The molecule has 3 rings (SSSR count). The van der Waals surface area contributed by atoms with Crippen molar-refractivity contribution in [2.45, 2.75) is 32.0 Å². The van der Waals surface area contributed by atoms with E-state index >= 15 is 0 Å². The number of carbonyl (C=O) groups is 1. The molecule has 0 spiro atoms. The van der Waals surface area contributed by atoms with Gasteiger partial charge in [-0.2, -0.15) is 0 Å². The first-order valence-electron chi connectivity index (χ1n) is 7.88. The van der Waals surface area contributed by atoms with Gasteiger partial charge in [0, 0.05) is 12.1 Å². The predicted molar refractivity (Wildman–Crippen MR) is 94.2 cm³/mol. The maximum atomic E-state index is 12.3. The molecule has 2 heterocycles. The highest BCUT2D eigenvalue weighted by Gasteiger charge is 2.17. The number of furan rings is 1. The summed E-state index contributed by atoms with van der Waals surface area (Å²) in [4.78, 5) is 12.3. The molecule has 1 aromatic carbocycles. The molecule has 0 unspecified atom stereocenters. The Kier molecular flexibility index (Phi) is 5.15. The molecule has 24 heavy (non-hydrogen) atoms. The van der Waals surface area contributed by atoms with Crippen molar-refractivity contribution in [1.29, 1.82) is 0 Å². The summed E-state index contributed by atoms with van der Waals surface area (Å²) in [5.74, 6) is 1.81. The van der Waals surface area contributed by atoms with Gasteiger partial charge in [-0.3, -0.25) is 9.36 Å². The summed E-state index contributed by atoms with van der Waals surface area (Å²) in [7, 11) is 0. The van der Waals surface area contributed by atoms with E-state index < -0.39 is 0 Å². The Hall–Kier alpha value is -2.34. The van der Waals surface area contributed by atoms with E-state index in [1.807, 2.05) is 47.9 Å². The van der Waals surface area contributed by atoms with Crippen molar-refractivity contribution in [3.8, 4) is 11.6 Å². The van der Waals surface area contributed by atoms with E-state index in [1.165, 1.54) is 11.8 Å². The van der Waals surface area contributed by atoms with Gasteiger partial charge >= 0.3 is 0 Å². The third-order valence-electron chi connectivity index (χ3n) is 3.61. The van der Waals surface area contributed by atoms with Crippen molar-refractivity contribution in [1.82, 2.24) is 14.8 Å². The normalized spacial score (nSPS) is 10.9. The highest BCUT2D eigenvalue weighted by Crippen LogP contribution is 2.25. The molecule has 0 fully saturated rings. The Balaban J connectivity index is 1.75. The number of carbonyl (C=O) groups excluding carboxylic acids is 1. The lowest BCUT2D eigenvalue weighted by atomic mass is 10.1. The van der Waals surface area contributed by atoms with E-state index in [0.29, 0.717) is 17.3 Å². The molecule has 0 bridgehead atoms. The van der Waals surface area contributed by atoms with Crippen LogP contribution in [-0.4, -0.2) is 26.3 Å². The molecule has 0 aliphatic heterocycles. The third kappa shape index (κ3) is 3.59. The van der Waals surface area contributed by atoms with Gasteiger partial charge in [0.05, 0.1) is 12.0 Å². The van der Waals surface area contributed by atoms with Gasteiger partial charge in [-0.05, 0) is 25.5 Å². The van der Waals surface area contributed by atoms with Crippen LogP contribution in [0.3, 0.4) is 0 Å². The summed E-state index contributed by atoms with van der Waals surface area (Å²) in [5.41, 5.74) is 1.87. The van der Waals surface area contributed by atoms with Crippen molar-refractivity contribution in [3.63, 3.8) is 0 Å². The van der Waals surface area contributed by atoms with Gasteiger partial charge in [0.25, 0.3) is 0 Å². The fraction of sp³-hybridized carbons (Fsp3) is 0.278. The molecular weight excluding hydrogens is 322 g/mol. The minimum atomic E-state index is 0.0885. The number of aromatic nitrogens is 3. The second-order valence-corrected chi connectivity index (χ2v) is 6.46. The summed E-state index contributed by atoms with van der Waals surface area (Å²) in [6.45, 7) is 4.88. The average molecular weight is 341 g/mol. The largest absolute Gasteiger partial charge is 0.461 e. The van der Waals surface area contributed by atoms with Crippen molar-refractivity contribution in [2.75, 3.05) is 5.75 Å². The monoisotopic (exact) mass is 341 g/mol. The van der Waals surface area contributed by atoms with Gasteiger partial charge in [-0.15, -0.1) is 10.2 Å².